The number of ether oxygens (including phenoxy) is 1. The summed E-state index contributed by atoms with van der Waals surface area (Å²) < 4.78 is 11.0. The Balaban J connectivity index is 0.00000432. The van der Waals surface area contributed by atoms with Crippen LogP contribution in [0.25, 0.3) is 33.3 Å². The van der Waals surface area contributed by atoms with Crippen molar-refractivity contribution in [3.05, 3.63) is 119 Å². The van der Waals surface area contributed by atoms with Gasteiger partial charge in [-0.3, -0.25) is 4.68 Å². The number of hydrogen-bond acceptors (Lipinski definition) is 3. The minimum absolute atomic E-state index is 0. The van der Waals surface area contributed by atoms with Crippen molar-refractivity contribution in [2.24, 2.45) is 5.92 Å². The molecule has 6 aromatic rings. The van der Waals surface area contributed by atoms with E-state index < -0.39 is 0 Å². The molecule has 0 spiro atoms. The van der Waals surface area contributed by atoms with E-state index in [1.54, 1.807) is 5.57 Å². The molecule has 1 aliphatic carbocycles. The fourth-order valence-electron chi connectivity index (χ4n) is 7.90. The molecule has 1 unspecified atom stereocenters. The van der Waals surface area contributed by atoms with Crippen LogP contribution in [0.3, 0.4) is 0 Å². The monoisotopic (exact) mass is 843 g/mol. The van der Waals surface area contributed by atoms with Crippen LogP contribution in [0.5, 0.6) is 11.5 Å². The molecule has 0 radical (unpaired) electrons. The minimum atomic E-state index is 0. The molecule has 5 nitrogen and oxygen atoms in total. The van der Waals surface area contributed by atoms with Gasteiger partial charge in [0.1, 0.15) is 5.82 Å². The SMILES string of the molecule is CCC1=CCC[C@H](CC)C1c1c(C)nn(-c2[c-]c(Oc3[c-]c4c(cc3)c3ccccc3n4-c3cc(C(C)C)ccn3)cc(C(C)C)c2)c1C.[Pt+2]. The molecule has 0 fully saturated rings. The van der Waals surface area contributed by atoms with E-state index in [0.29, 0.717) is 35.2 Å². The Morgan fingerprint density at radius 3 is 2.40 bits per heavy atom. The Morgan fingerprint density at radius 2 is 1.66 bits per heavy atom. The van der Waals surface area contributed by atoms with Gasteiger partial charge in [-0.05, 0) is 85.7 Å². The molecule has 0 bridgehead atoms. The zero-order valence-corrected chi connectivity index (χ0v) is 32.9. The molecule has 260 valence electrons. The zero-order chi connectivity index (χ0) is 34.4. The third-order valence-electron chi connectivity index (χ3n) is 10.6. The quantitative estimate of drug-likeness (QED) is 0.108. The molecule has 3 heterocycles. The fraction of sp³-hybridized carbons (Fsp3) is 0.364. The van der Waals surface area contributed by atoms with Crippen LogP contribution in [0, 0.1) is 31.9 Å². The van der Waals surface area contributed by atoms with Gasteiger partial charge in [-0.1, -0.05) is 83.3 Å². The first-order valence-corrected chi connectivity index (χ1v) is 18.1. The van der Waals surface area contributed by atoms with Crippen molar-refractivity contribution in [2.45, 2.75) is 98.8 Å². The Morgan fingerprint density at radius 1 is 0.880 bits per heavy atom. The maximum absolute atomic E-state index is 6.66. The molecule has 7 rings (SSSR count). The summed E-state index contributed by atoms with van der Waals surface area (Å²) in [7, 11) is 0. The minimum Gasteiger partial charge on any atom is -0.509 e. The van der Waals surface area contributed by atoms with Gasteiger partial charge >= 0.3 is 21.1 Å². The van der Waals surface area contributed by atoms with Crippen LogP contribution in [0.1, 0.15) is 113 Å². The molecule has 3 aromatic carbocycles. The van der Waals surface area contributed by atoms with Gasteiger partial charge in [0.25, 0.3) is 0 Å². The number of aryl methyl sites for hydroxylation is 1. The molecule has 0 saturated carbocycles. The van der Waals surface area contributed by atoms with Crippen molar-refractivity contribution in [1.29, 1.82) is 0 Å². The maximum atomic E-state index is 6.66. The summed E-state index contributed by atoms with van der Waals surface area (Å²) in [6, 6.07) is 28.5. The number of para-hydroxylation sites is 1. The fourth-order valence-corrected chi connectivity index (χ4v) is 7.90. The number of fused-ring (bicyclic) bond motifs is 3. The van der Waals surface area contributed by atoms with Crippen LogP contribution in [0.4, 0.5) is 0 Å². The van der Waals surface area contributed by atoms with Gasteiger partial charge in [0, 0.05) is 40.4 Å². The van der Waals surface area contributed by atoms with Crippen molar-refractivity contribution < 1.29 is 25.8 Å². The van der Waals surface area contributed by atoms with Crippen molar-refractivity contribution >= 4 is 21.8 Å². The van der Waals surface area contributed by atoms with Gasteiger partial charge in [-0.25, -0.2) is 4.98 Å². The number of benzene rings is 3. The van der Waals surface area contributed by atoms with E-state index in [1.807, 2.05) is 12.3 Å². The average Bonchev–Trinajstić information content (AvgIpc) is 3.59. The van der Waals surface area contributed by atoms with Crippen LogP contribution in [0.2, 0.25) is 0 Å². The van der Waals surface area contributed by atoms with Gasteiger partial charge in [0.2, 0.25) is 0 Å². The Bertz CT molecular complexity index is 2190. The summed E-state index contributed by atoms with van der Waals surface area (Å²) in [4.78, 5) is 4.81. The molecule has 1 aliphatic rings. The molecule has 6 heteroatoms. The molecule has 0 saturated heterocycles. The standard InChI is InChI=1S/C44H48N4O.Pt/c1-9-31-14-13-15-32(10-2)44(31)43-29(7)46-48(30(43)8)35-22-34(28(5)6)23-37(25-35)49-36-18-19-39-38-16-11-12-17-40(38)47(41(39)26-36)42-24-33(27(3)4)20-21-45-42;/h11-12,14,16-24,27-28,32,44H,9-10,13,15H2,1-8H3;/q-2;+2/t32-,44?;/m0./s1. The Hall–Kier alpha value is -3.95. The van der Waals surface area contributed by atoms with Crippen molar-refractivity contribution in [3.63, 3.8) is 0 Å². The largest absolute Gasteiger partial charge is 2.00 e. The van der Waals surface area contributed by atoms with Crippen LogP contribution in [0.15, 0.2) is 78.5 Å². The van der Waals surface area contributed by atoms with E-state index in [1.165, 1.54) is 41.6 Å². The molecule has 0 N–H and O–H groups in total. The number of allylic oxidation sites excluding steroid dienone is 2. The summed E-state index contributed by atoms with van der Waals surface area (Å²) in [6.45, 7) is 17.9. The third kappa shape index (κ3) is 6.50. The maximum Gasteiger partial charge on any atom is 2.00 e. The molecular formula is C44H48N4OPt. The number of rotatable bonds is 9. The van der Waals surface area contributed by atoms with E-state index in [-0.39, 0.29) is 21.1 Å². The van der Waals surface area contributed by atoms with E-state index in [0.717, 1.165) is 45.4 Å². The van der Waals surface area contributed by atoms with Crippen LogP contribution in [-0.4, -0.2) is 19.3 Å². The molecule has 50 heavy (non-hydrogen) atoms. The summed E-state index contributed by atoms with van der Waals surface area (Å²) >= 11 is 0. The van der Waals surface area contributed by atoms with Gasteiger partial charge < -0.3 is 9.30 Å². The smallest absolute Gasteiger partial charge is 0.509 e. The van der Waals surface area contributed by atoms with Gasteiger partial charge in [-0.15, -0.1) is 41.3 Å². The summed E-state index contributed by atoms with van der Waals surface area (Å²) in [5, 5.41) is 7.44. The van der Waals surface area contributed by atoms with Gasteiger partial charge in [0.15, 0.2) is 0 Å². The summed E-state index contributed by atoms with van der Waals surface area (Å²) in [5.74, 6) is 3.94. The summed E-state index contributed by atoms with van der Waals surface area (Å²) in [5.41, 5.74) is 10.6. The Kier molecular flexibility index (Phi) is 10.6. The predicted octanol–water partition coefficient (Wildman–Crippen LogP) is 11.9. The van der Waals surface area contributed by atoms with Gasteiger partial charge in [-0.2, -0.15) is 11.2 Å². The van der Waals surface area contributed by atoms with E-state index in [2.05, 4.69) is 137 Å². The first kappa shape index (κ1) is 35.9. The summed E-state index contributed by atoms with van der Waals surface area (Å²) in [6.07, 6.45) is 9.06. The first-order chi connectivity index (χ1) is 23.7. The topological polar surface area (TPSA) is 44.9 Å². The van der Waals surface area contributed by atoms with E-state index in [9.17, 15) is 0 Å². The molecule has 2 atom stereocenters. The average molecular weight is 844 g/mol. The molecular weight excluding hydrogens is 796 g/mol. The van der Waals surface area contributed by atoms with Crippen LogP contribution in [-0.2, 0) is 21.1 Å². The first-order valence-electron chi connectivity index (χ1n) is 18.1. The predicted molar refractivity (Wildman–Crippen MR) is 202 cm³/mol. The normalized spacial score (nSPS) is 16.3. The number of nitrogens with zero attached hydrogens (tertiary/aromatic N) is 4. The molecule has 0 amide bonds. The second-order valence-corrected chi connectivity index (χ2v) is 14.3. The van der Waals surface area contributed by atoms with Gasteiger partial charge in [0.05, 0.1) is 5.69 Å². The van der Waals surface area contributed by atoms with Crippen molar-refractivity contribution in [3.8, 4) is 23.0 Å². The number of pyridine rings is 1. The van der Waals surface area contributed by atoms with Crippen LogP contribution >= 0.6 is 0 Å². The number of hydrogen-bond donors (Lipinski definition) is 0. The van der Waals surface area contributed by atoms with Crippen molar-refractivity contribution in [1.82, 2.24) is 19.3 Å². The Labute approximate surface area is 312 Å². The molecule has 3 aromatic heterocycles. The van der Waals surface area contributed by atoms with E-state index >= 15 is 0 Å². The number of aromatic nitrogens is 4. The van der Waals surface area contributed by atoms with Crippen molar-refractivity contribution in [2.75, 3.05) is 0 Å². The molecule has 0 aliphatic heterocycles. The second kappa shape index (κ2) is 14.7. The third-order valence-corrected chi connectivity index (χ3v) is 10.6. The zero-order valence-electron chi connectivity index (χ0n) is 30.6. The second-order valence-electron chi connectivity index (χ2n) is 14.3. The van der Waals surface area contributed by atoms with E-state index in [4.69, 9.17) is 14.8 Å². The van der Waals surface area contributed by atoms with Crippen LogP contribution < -0.4 is 4.74 Å².